The average Bonchev–Trinajstić information content (AvgIpc) is 3.11. The summed E-state index contributed by atoms with van der Waals surface area (Å²) in [6.45, 7) is 2.27. The lowest BCUT2D eigenvalue weighted by atomic mass is 10.1. The van der Waals surface area contributed by atoms with E-state index in [0.717, 1.165) is 0 Å². The van der Waals surface area contributed by atoms with Crippen molar-refractivity contribution in [1.29, 1.82) is 0 Å². The minimum atomic E-state index is 1.23. The number of benzene rings is 1. The van der Waals surface area contributed by atoms with E-state index in [9.17, 15) is 0 Å². The van der Waals surface area contributed by atoms with Gasteiger partial charge in [0.25, 0.3) is 0 Å². The summed E-state index contributed by atoms with van der Waals surface area (Å²) in [5.41, 5.74) is 0. The normalized spacial score (nSPS) is 11.2. The third kappa shape index (κ3) is 2.82. The summed E-state index contributed by atoms with van der Waals surface area (Å²) in [6, 6.07) is 13.3. The molecule has 0 bridgehead atoms. The number of rotatable bonds is 6. The Morgan fingerprint density at radius 1 is 0.900 bits per heavy atom. The average molecular weight is 300 g/mol. The lowest BCUT2D eigenvalue weighted by Gasteiger charge is -1.98. The fraction of sp³-hybridized carbons (Fsp3) is 0.333. The van der Waals surface area contributed by atoms with Gasteiger partial charge in [0.05, 0.1) is 4.88 Å². The molecule has 0 aliphatic carbocycles. The van der Waals surface area contributed by atoms with Gasteiger partial charge in [-0.1, -0.05) is 56.5 Å². The monoisotopic (exact) mass is 300 g/mol. The van der Waals surface area contributed by atoms with Crippen LogP contribution in [0, 0.1) is 0 Å². The molecule has 0 saturated carbocycles. The first-order chi connectivity index (χ1) is 9.90. The van der Waals surface area contributed by atoms with Crippen LogP contribution in [0.2, 0.25) is 0 Å². The van der Waals surface area contributed by atoms with Crippen LogP contribution in [0.5, 0.6) is 0 Å². The molecule has 0 atom stereocenters. The second-order valence-corrected chi connectivity index (χ2v) is 7.24. The minimum absolute atomic E-state index is 1.23. The van der Waals surface area contributed by atoms with E-state index >= 15 is 0 Å². The molecule has 2 heterocycles. The van der Waals surface area contributed by atoms with Crippen LogP contribution in [-0.4, -0.2) is 0 Å². The molecule has 2 aromatic heterocycles. The zero-order valence-corrected chi connectivity index (χ0v) is 13.5. The predicted octanol–water partition coefficient (Wildman–Crippen LogP) is 6.75. The highest BCUT2D eigenvalue weighted by Crippen LogP contribution is 2.41. The van der Waals surface area contributed by atoms with E-state index in [1.165, 1.54) is 52.6 Å². The maximum Gasteiger partial charge on any atom is 0.0524 e. The summed E-state index contributed by atoms with van der Waals surface area (Å²) in [5.74, 6) is 0. The molecule has 0 unspecified atom stereocenters. The maximum absolute atomic E-state index is 2.29. The molecular formula is C18H20S2. The van der Waals surface area contributed by atoms with Crippen LogP contribution in [0.3, 0.4) is 0 Å². The van der Waals surface area contributed by atoms with Crippen molar-refractivity contribution >= 4 is 33.4 Å². The molecule has 0 aliphatic rings. The van der Waals surface area contributed by atoms with Gasteiger partial charge in [0.1, 0.15) is 0 Å². The van der Waals surface area contributed by atoms with Crippen LogP contribution in [-0.2, 0) is 6.42 Å². The predicted molar refractivity (Wildman–Crippen MR) is 93.0 cm³/mol. The topological polar surface area (TPSA) is 0 Å². The lowest BCUT2D eigenvalue weighted by molar-refractivity contribution is 0.671. The summed E-state index contributed by atoms with van der Waals surface area (Å²) < 4.78 is 0. The molecule has 3 aromatic rings. The Hall–Kier alpha value is -1.12. The van der Waals surface area contributed by atoms with Crippen molar-refractivity contribution in [2.24, 2.45) is 0 Å². The van der Waals surface area contributed by atoms with Crippen molar-refractivity contribution in [2.75, 3.05) is 0 Å². The molecule has 0 aliphatic heterocycles. The Balaban J connectivity index is 1.92. The smallest absolute Gasteiger partial charge is 0.0524 e. The van der Waals surface area contributed by atoms with Gasteiger partial charge in [-0.25, -0.2) is 0 Å². The van der Waals surface area contributed by atoms with Crippen LogP contribution in [0.15, 0.2) is 41.8 Å². The van der Waals surface area contributed by atoms with E-state index in [4.69, 9.17) is 0 Å². The van der Waals surface area contributed by atoms with Crippen molar-refractivity contribution in [2.45, 2.75) is 39.0 Å². The second-order valence-electron chi connectivity index (χ2n) is 5.19. The van der Waals surface area contributed by atoms with E-state index in [2.05, 4.69) is 48.7 Å². The third-order valence-corrected chi connectivity index (χ3v) is 6.03. The van der Waals surface area contributed by atoms with Gasteiger partial charge in [-0.2, -0.15) is 0 Å². The van der Waals surface area contributed by atoms with Gasteiger partial charge in [0, 0.05) is 15.1 Å². The van der Waals surface area contributed by atoms with E-state index in [0.29, 0.717) is 0 Å². The first-order valence-electron chi connectivity index (χ1n) is 7.44. The van der Waals surface area contributed by atoms with Gasteiger partial charge >= 0.3 is 0 Å². The second kappa shape index (κ2) is 6.55. The van der Waals surface area contributed by atoms with Crippen molar-refractivity contribution in [3.63, 3.8) is 0 Å². The summed E-state index contributed by atoms with van der Waals surface area (Å²) in [7, 11) is 0. The molecule has 0 radical (unpaired) electrons. The maximum atomic E-state index is 2.29. The lowest BCUT2D eigenvalue weighted by Crippen LogP contribution is -1.82. The molecule has 20 heavy (non-hydrogen) atoms. The molecule has 1 aromatic carbocycles. The first kappa shape index (κ1) is 13.8. The summed E-state index contributed by atoms with van der Waals surface area (Å²) in [6.07, 6.45) is 6.59. The van der Waals surface area contributed by atoms with Gasteiger partial charge in [-0.05, 0) is 29.7 Å². The quantitative estimate of drug-likeness (QED) is 0.441. The van der Waals surface area contributed by atoms with E-state index in [1.807, 2.05) is 22.7 Å². The fourth-order valence-corrected chi connectivity index (χ4v) is 4.83. The van der Waals surface area contributed by atoms with E-state index in [-0.39, 0.29) is 0 Å². The number of fused-ring (bicyclic) bond motifs is 1. The Labute approximate surface area is 129 Å². The fourth-order valence-electron chi connectivity index (χ4n) is 2.65. The highest BCUT2D eigenvalue weighted by molar-refractivity contribution is 7.22. The minimum Gasteiger partial charge on any atom is -0.143 e. The highest BCUT2D eigenvalue weighted by atomic mass is 32.1. The first-order valence-corrected chi connectivity index (χ1v) is 9.14. The number of unbranched alkanes of at least 4 members (excludes halogenated alkanes) is 3. The zero-order valence-electron chi connectivity index (χ0n) is 11.9. The number of thiophene rings is 2. The molecule has 2 heteroatoms. The number of hydrogen-bond donors (Lipinski definition) is 0. The van der Waals surface area contributed by atoms with Gasteiger partial charge in [-0.3, -0.25) is 0 Å². The molecule has 0 saturated heterocycles. The molecule has 104 valence electrons. The van der Waals surface area contributed by atoms with Crippen molar-refractivity contribution in [3.05, 3.63) is 46.7 Å². The van der Waals surface area contributed by atoms with E-state index in [1.54, 1.807) is 4.88 Å². The van der Waals surface area contributed by atoms with Crippen LogP contribution in [0.1, 0.15) is 37.5 Å². The molecule has 3 rings (SSSR count). The van der Waals surface area contributed by atoms with E-state index < -0.39 is 0 Å². The highest BCUT2D eigenvalue weighted by Gasteiger charge is 2.12. The Kier molecular flexibility index (Phi) is 4.54. The molecule has 0 amide bonds. The molecule has 0 spiro atoms. The summed E-state index contributed by atoms with van der Waals surface area (Å²) >= 11 is 3.85. The summed E-state index contributed by atoms with van der Waals surface area (Å²) in [4.78, 5) is 4.44. The zero-order chi connectivity index (χ0) is 13.8. The largest absolute Gasteiger partial charge is 0.143 e. The van der Waals surface area contributed by atoms with Crippen LogP contribution in [0.25, 0.3) is 20.5 Å². The van der Waals surface area contributed by atoms with Crippen molar-refractivity contribution in [1.82, 2.24) is 0 Å². The van der Waals surface area contributed by atoms with Crippen LogP contribution >= 0.6 is 22.7 Å². The van der Waals surface area contributed by atoms with Gasteiger partial charge in [0.15, 0.2) is 0 Å². The molecular weight excluding hydrogens is 280 g/mol. The molecule has 0 nitrogen and oxygen atoms in total. The van der Waals surface area contributed by atoms with Gasteiger partial charge < -0.3 is 0 Å². The number of hydrogen-bond acceptors (Lipinski definition) is 2. The summed E-state index contributed by atoms with van der Waals surface area (Å²) in [5, 5.41) is 5.08. The molecule has 0 fully saturated rings. The van der Waals surface area contributed by atoms with Crippen molar-refractivity contribution < 1.29 is 0 Å². The molecule has 0 N–H and O–H groups in total. The Morgan fingerprint density at radius 3 is 2.50 bits per heavy atom. The Bertz CT molecular complexity index is 662. The standard InChI is InChI=1S/C18H20S2/c1-2-3-4-5-11-16-14-9-6-7-10-15(14)18(20-16)17-12-8-13-19-17/h6-10,12-13H,2-5,11H2,1H3. The van der Waals surface area contributed by atoms with Gasteiger partial charge in [-0.15, -0.1) is 22.7 Å². The van der Waals surface area contributed by atoms with Gasteiger partial charge in [0.2, 0.25) is 0 Å². The van der Waals surface area contributed by atoms with Crippen LogP contribution in [0.4, 0.5) is 0 Å². The third-order valence-electron chi connectivity index (χ3n) is 3.70. The van der Waals surface area contributed by atoms with Crippen LogP contribution < -0.4 is 0 Å². The van der Waals surface area contributed by atoms with Crippen molar-refractivity contribution in [3.8, 4) is 9.75 Å². The Morgan fingerprint density at radius 2 is 1.75 bits per heavy atom. The number of aryl methyl sites for hydroxylation is 1. The SMILES string of the molecule is CCCCCCc1sc(-c2cccs2)c2ccccc12.